The van der Waals surface area contributed by atoms with Crippen LogP contribution < -0.4 is 5.32 Å². The average molecular weight is 340 g/mol. The maximum absolute atomic E-state index is 12.3. The van der Waals surface area contributed by atoms with Crippen molar-refractivity contribution in [3.8, 4) is 0 Å². The molecular formula is C18H32N2O4. The molecule has 0 bridgehead atoms. The standard InChI is InChI=1S/C18H32N2O4/c1-3-14(2)18(24)20-12-8-9-15(13-20)17(23)19-11-7-5-4-6-10-16(21)22/h14-15H,3-13H2,1-2H3,(H,19,23)(H,21,22). The molecule has 0 aliphatic carbocycles. The number of hydrogen-bond acceptors (Lipinski definition) is 3. The van der Waals surface area contributed by atoms with Gasteiger partial charge in [0.1, 0.15) is 0 Å². The fraction of sp³-hybridized carbons (Fsp3) is 0.833. The van der Waals surface area contributed by atoms with Crippen LogP contribution in [0.25, 0.3) is 0 Å². The van der Waals surface area contributed by atoms with Crippen molar-refractivity contribution in [2.45, 2.75) is 65.2 Å². The smallest absolute Gasteiger partial charge is 0.303 e. The second-order valence-corrected chi connectivity index (χ2v) is 6.78. The van der Waals surface area contributed by atoms with Gasteiger partial charge in [-0.05, 0) is 32.1 Å². The van der Waals surface area contributed by atoms with E-state index in [1.165, 1.54) is 0 Å². The molecule has 2 unspecified atom stereocenters. The van der Waals surface area contributed by atoms with Crippen LogP contribution in [0.1, 0.15) is 65.2 Å². The van der Waals surface area contributed by atoms with Crippen molar-refractivity contribution >= 4 is 17.8 Å². The number of nitrogens with zero attached hydrogens (tertiary/aromatic N) is 1. The van der Waals surface area contributed by atoms with Crippen LogP contribution in [0.15, 0.2) is 0 Å². The Balaban J connectivity index is 2.22. The molecule has 0 aromatic rings. The lowest BCUT2D eigenvalue weighted by molar-refractivity contribution is -0.139. The largest absolute Gasteiger partial charge is 0.481 e. The van der Waals surface area contributed by atoms with Crippen molar-refractivity contribution in [1.29, 1.82) is 0 Å². The highest BCUT2D eigenvalue weighted by Crippen LogP contribution is 2.19. The van der Waals surface area contributed by atoms with Gasteiger partial charge in [0.15, 0.2) is 0 Å². The number of carbonyl (C=O) groups excluding carboxylic acids is 2. The normalized spacial score (nSPS) is 18.9. The van der Waals surface area contributed by atoms with Gasteiger partial charge in [-0.3, -0.25) is 14.4 Å². The van der Waals surface area contributed by atoms with Crippen LogP contribution in [-0.4, -0.2) is 47.4 Å². The van der Waals surface area contributed by atoms with Gasteiger partial charge >= 0.3 is 5.97 Å². The molecule has 0 aromatic carbocycles. The minimum absolute atomic E-state index is 0.0256. The Morgan fingerprint density at radius 3 is 2.58 bits per heavy atom. The number of rotatable bonds is 10. The van der Waals surface area contributed by atoms with Crippen LogP contribution in [0, 0.1) is 11.8 Å². The summed E-state index contributed by atoms with van der Waals surface area (Å²) in [5.74, 6) is -0.621. The van der Waals surface area contributed by atoms with E-state index in [-0.39, 0.29) is 30.1 Å². The lowest BCUT2D eigenvalue weighted by Crippen LogP contribution is -2.47. The number of carboxylic acid groups (broad SMARTS) is 1. The summed E-state index contributed by atoms with van der Waals surface area (Å²) in [6.45, 7) is 5.87. The van der Waals surface area contributed by atoms with E-state index >= 15 is 0 Å². The van der Waals surface area contributed by atoms with E-state index in [0.29, 0.717) is 19.5 Å². The van der Waals surface area contributed by atoms with Gasteiger partial charge in [-0.25, -0.2) is 0 Å². The van der Waals surface area contributed by atoms with Crippen molar-refractivity contribution in [2.75, 3.05) is 19.6 Å². The number of hydrogen-bond donors (Lipinski definition) is 2. The Morgan fingerprint density at radius 2 is 1.92 bits per heavy atom. The fourth-order valence-corrected chi connectivity index (χ4v) is 2.99. The molecule has 0 saturated carbocycles. The second-order valence-electron chi connectivity index (χ2n) is 6.78. The van der Waals surface area contributed by atoms with E-state index in [0.717, 1.165) is 45.1 Å². The Labute approximate surface area is 145 Å². The summed E-state index contributed by atoms with van der Waals surface area (Å²) in [5.41, 5.74) is 0. The van der Waals surface area contributed by atoms with Crippen LogP contribution >= 0.6 is 0 Å². The summed E-state index contributed by atoms with van der Waals surface area (Å²) in [4.78, 5) is 36.8. The molecule has 1 fully saturated rings. The van der Waals surface area contributed by atoms with Gasteiger partial charge < -0.3 is 15.3 Å². The van der Waals surface area contributed by atoms with E-state index in [1.54, 1.807) is 0 Å². The summed E-state index contributed by atoms with van der Waals surface area (Å²) in [6, 6.07) is 0. The van der Waals surface area contributed by atoms with Gasteiger partial charge in [0.05, 0.1) is 5.92 Å². The molecule has 1 aliphatic rings. The number of aliphatic carboxylic acids is 1. The van der Waals surface area contributed by atoms with Gasteiger partial charge in [0, 0.05) is 32.0 Å². The molecule has 0 spiro atoms. The monoisotopic (exact) mass is 340 g/mol. The minimum atomic E-state index is -0.753. The number of nitrogens with one attached hydrogen (secondary N) is 1. The molecule has 6 nitrogen and oxygen atoms in total. The molecule has 2 N–H and O–H groups in total. The number of carboxylic acids is 1. The number of unbranched alkanes of at least 4 members (excludes halogenated alkanes) is 3. The Bertz CT molecular complexity index is 425. The summed E-state index contributed by atoms with van der Waals surface area (Å²) >= 11 is 0. The highest BCUT2D eigenvalue weighted by atomic mass is 16.4. The van der Waals surface area contributed by atoms with Gasteiger partial charge in [0.2, 0.25) is 11.8 Å². The predicted octanol–water partition coefficient (Wildman–Crippen LogP) is 2.42. The first-order chi connectivity index (χ1) is 11.5. The Hall–Kier alpha value is -1.59. The van der Waals surface area contributed by atoms with E-state index in [1.807, 2.05) is 18.7 Å². The van der Waals surface area contributed by atoms with Gasteiger partial charge in [-0.1, -0.05) is 26.7 Å². The molecular weight excluding hydrogens is 308 g/mol. The third kappa shape index (κ3) is 7.32. The highest BCUT2D eigenvalue weighted by Gasteiger charge is 2.29. The Kier molecular flexibility index (Phi) is 9.42. The van der Waals surface area contributed by atoms with Crippen molar-refractivity contribution in [3.63, 3.8) is 0 Å². The van der Waals surface area contributed by atoms with Crippen LogP contribution in [0.4, 0.5) is 0 Å². The fourth-order valence-electron chi connectivity index (χ4n) is 2.99. The van der Waals surface area contributed by atoms with E-state index < -0.39 is 5.97 Å². The Morgan fingerprint density at radius 1 is 1.21 bits per heavy atom. The summed E-state index contributed by atoms with van der Waals surface area (Å²) < 4.78 is 0. The van der Waals surface area contributed by atoms with E-state index in [2.05, 4.69) is 5.32 Å². The van der Waals surface area contributed by atoms with Gasteiger partial charge in [-0.2, -0.15) is 0 Å². The number of piperidine rings is 1. The van der Waals surface area contributed by atoms with E-state index in [4.69, 9.17) is 5.11 Å². The highest BCUT2D eigenvalue weighted by molar-refractivity contribution is 5.82. The SMILES string of the molecule is CCC(C)C(=O)N1CCCC(C(=O)NCCCCCCC(=O)O)C1. The topological polar surface area (TPSA) is 86.7 Å². The van der Waals surface area contributed by atoms with Crippen molar-refractivity contribution in [2.24, 2.45) is 11.8 Å². The zero-order valence-corrected chi connectivity index (χ0v) is 15.1. The number of likely N-dealkylation sites (tertiary alicyclic amines) is 1. The number of carbonyl (C=O) groups is 3. The quantitative estimate of drug-likeness (QED) is 0.598. The van der Waals surface area contributed by atoms with Crippen LogP contribution in [-0.2, 0) is 14.4 Å². The maximum atomic E-state index is 12.3. The van der Waals surface area contributed by atoms with Gasteiger partial charge in [0.25, 0.3) is 0 Å². The summed E-state index contributed by atoms with van der Waals surface area (Å²) in [7, 11) is 0. The zero-order chi connectivity index (χ0) is 17.9. The molecule has 1 saturated heterocycles. The summed E-state index contributed by atoms with van der Waals surface area (Å²) in [6.07, 6.45) is 6.14. The predicted molar refractivity (Wildman–Crippen MR) is 92.5 cm³/mol. The first-order valence-electron chi connectivity index (χ1n) is 9.24. The molecule has 0 aromatic heterocycles. The molecule has 1 aliphatic heterocycles. The molecule has 2 amide bonds. The molecule has 24 heavy (non-hydrogen) atoms. The maximum Gasteiger partial charge on any atom is 0.303 e. The molecule has 1 heterocycles. The second kappa shape index (κ2) is 11.0. The molecule has 2 atom stereocenters. The molecule has 1 rings (SSSR count). The van der Waals surface area contributed by atoms with Crippen molar-refractivity contribution < 1.29 is 19.5 Å². The van der Waals surface area contributed by atoms with Crippen LogP contribution in [0.5, 0.6) is 0 Å². The average Bonchev–Trinajstić information content (AvgIpc) is 2.59. The molecule has 138 valence electrons. The third-order valence-electron chi connectivity index (χ3n) is 4.75. The van der Waals surface area contributed by atoms with Crippen molar-refractivity contribution in [1.82, 2.24) is 10.2 Å². The third-order valence-corrected chi connectivity index (χ3v) is 4.75. The summed E-state index contributed by atoms with van der Waals surface area (Å²) in [5, 5.41) is 11.5. The van der Waals surface area contributed by atoms with Crippen LogP contribution in [0.3, 0.4) is 0 Å². The first-order valence-corrected chi connectivity index (χ1v) is 9.24. The van der Waals surface area contributed by atoms with Crippen LogP contribution in [0.2, 0.25) is 0 Å². The minimum Gasteiger partial charge on any atom is -0.481 e. The van der Waals surface area contributed by atoms with E-state index in [9.17, 15) is 14.4 Å². The lowest BCUT2D eigenvalue weighted by atomic mass is 9.95. The molecule has 6 heteroatoms. The zero-order valence-electron chi connectivity index (χ0n) is 15.1. The molecule has 0 radical (unpaired) electrons. The lowest BCUT2D eigenvalue weighted by Gasteiger charge is -2.33. The van der Waals surface area contributed by atoms with Crippen molar-refractivity contribution in [3.05, 3.63) is 0 Å². The first kappa shape index (κ1) is 20.5. The van der Waals surface area contributed by atoms with Gasteiger partial charge in [-0.15, -0.1) is 0 Å². The number of amides is 2.